The zero-order chi connectivity index (χ0) is 25.8. The Labute approximate surface area is 223 Å². The zero-order valence-corrected chi connectivity index (χ0v) is 25.7. The van der Waals surface area contributed by atoms with Gasteiger partial charge in [0.15, 0.2) is 8.32 Å². The van der Waals surface area contributed by atoms with Crippen molar-refractivity contribution in [2.24, 2.45) is 22.2 Å². The molecule has 0 radical (unpaired) electrons. The van der Waals surface area contributed by atoms with Gasteiger partial charge >= 0.3 is 10.1 Å². The van der Waals surface area contributed by atoms with Crippen LogP contribution in [0.3, 0.4) is 0 Å². The van der Waals surface area contributed by atoms with Crippen molar-refractivity contribution in [1.29, 1.82) is 0 Å². The standard InChI is InChI=1S/C26H35IO6SSi/c1-16-9-12-18(13-10-16)34(28,29)32-21-20(27)25-17(2)11-14-19(25)23(3)15-31-26(30-5,24(21,23)4)22(25)33-35(6,7)8/h9-10,12-14,17,22H,11,15H2,1-8H3. The third-order valence-corrected chi connectivity index (χ3v) is 12.5. The van der Waals surface area contributed by atoms with Crippen LogP contribution in [-0.4, -0.2) is 42.3 Å². The van der Waals surface area contributed by atoms with Gasteiger partial charge in [-0.15, -0.1) is 0 Å². The molecule has 0 N–H and O–H groups in total. The van der Waals surface area contributed by atoms with Crippen molar-refractivity contribution in [3.63, 3.8) is 0 Å². The zero-order valence-electron chi connectivity index (χ0n) is 21.7. The van der Waals surface area contributed by atoms with Crippen molar-refractivity contribution in [1.82, 2.24) is 0 Å². The Kier molecular flexibility index (Phi) is 5.67. The van der Waals surface area contributed by atoms with Crippen LogP contribution in [0.4, 0.5) is 0 Å². The summed E-state index contributed by atoms with van der Waals surface area (Å²) in [5.41, 5.74) is 0.277. The van der Waals surface area contributed by atoms with Gasteiger partial charge in [-0.3, -0.25) is 0 Å². The summed E-state index contributed by atoms with van der Waals surface area (Å²) >= 11 is 2.33. The minimum Gasteiger partial charge on any atom is -0.408 e. The summed E-state index contributed by atoms with van der Waals surface area (Å²) in [4.78, 5) is 0.136. The molecule has 0 aromatic heterocycles. The molecule has 192 valence electrons. The van der Waals surface area contributed by atoms with Gasteiger partial charge in [0.2, 0.25) is 5.79 Å². The maximum absolute atomic E-state index is 13.6. The van der Waals surface area contributed by atoms with Gasteiger partial charge in [-0.05, 0) is 80.6 Å². The number of hydrogen-bond donors (Lipinski definition) is 0. The van der Waals surface area contributed by atoms with Crippen LogP contribution in [0.2, 0.25) is 19.6 Å². The van der Waals surface area contributed by atoms with Crippen LogP contribution in [-0.2, 0) is 28.2 Å². The predicted molar refractivity (Wildman–Crippen MR) is 145 cm³/mol. The van der Waals surface area contributed by atoms with E-state index in [1.807, 2.05) is 13.8 Å². The highest BCUT2D eigenvalue weighted by Gasteiger charge is 2.86. The van der Waals surface area contributed by atoms with Crippen molar-refractivity contribution in [2.45, 2.75) is 70.5 Å². The van der Waals surface area contributed by atoms with Crippen molar-refractivity contribution < 1.29 is 26.5 Å². The third kappa shape index (κ3) is 2.99. The smallest absolute Gasteiger partial charge is 0.338 e. The van der Waals surface area contributed by atoms with Crippen molar-refractivity contribution in [3.05, 3.63) is 50.8 Å². The van der Waals surface area contributed by atoms with Gasteiger partial charge in [-0.25, -0.2) is 0 Å². The lowest BCUT2D eigenvalue weighted by molar-refractivity contribution is -0.318. The summed E-state index contributed by atoms with van der Waals surface area (Å²) in [5.74, 6) is -0.571. The highest BCUT2D eigenvalue weighted by Crippen LogP contribution is 2.82. The predicted octanol–water partition coefficient (Wildman–Crippen LogP) is 5.93. The van der Waals surface area contributed by atoms with E-state index in [1.165, 1.54) is 5.57 Å². The molecule has 1 saturated carbocycles. The summed E-state index contributed by atoms with van der Waals surface area (Å²) in [5, 5.41) is 0. The molecule has 6 nitrogen and oxygen atoms in total. The van der Waals surface area contributed by atoms with Gasteiger partial charge in [0, 0.05) is 16.1 Å². The lowest BCUT2D eigenvalue weighted by Crippen LogP contribution is -2.75. The molecule has 9 heteroatoms. The highest BCUT2D eigenvalue weighted by molar-refractivity contribution is 14.1. The van der Waals surface area contributed by atoms with E-state index in [2.05, 4.69) is 62.2 Å². The van der Waals surface area contributed by atoms with Crippen LogP contribution >= 0.6 is 22.6 Å². The maximum atomic E-state index is 13.6. The second-order valence-electron chi connectivity index (χ2n) is 11.8. The molecule has 4 bridgehead atoms. The second kappa shape index (κ2) is 7.66. The molecule has 35 heavy (non-hydrogen) atoms. The monoisotopic (exact) mass is 630 g/mol. The summed E-state index contributed by atoms with van der Waals surface area (Å²) in [7, 11) is -4.49. The number of allylic oxidation sites excluding steroid dienone is 1. The molecule has 6 atom stereocenters. The molecule has 1 aliphatic heterocycles. The van der Waals surface area contributed by atoms with Crippen LogP contribution < -0.4 is 0 Å². The normalized spacial score (nSPS) is 40.2. The first-order chi connectivity index (χ1) is 16.1. The fourth-order valence-electron chi connectivity index (χ4n) is 7.05. The number of hydrogen-bond acceptors (Lipinski definition) is 6. The van der Waals surface area contributed by atoms with Gasteiger partial charge in [-0.2, -0.15) is 8.42 Å². The number of methoxy groups -OCH3 is 1. The van der Waals surface area contributed by atoms with E-state index in [1.54, 1.807) is 31.4 Å². The molecular formula is C26H35IO6SSi. The van der Waals surface area contributed by atoms with E-state index in [-0.39, 0.29) is 10.8 Å². The van der Waals surface area contributed by atoms with Crippen LogP contribution in [0.5, 0.6) is 0 Å². The van der Waals surface area contributed by atoms with Crippen molar-refractivity contribution in [3.8, 4) is 0 Å². The Hall–Kier alpha value is -0.723. The Morgan fingerprint density at radius 3 is 2.34 bits per heavy atom. The average molecular weight is 631 g/mol. The largest absolute Gasteiger partial charge is 0.408 e. The number of ether oxygens (including phenoxy) is 2. The number of rotatable bonds is 6. The van der Waals surface area contributed by atoms with E-state index in [0.717, 1.165) is 15.6 Å². The van der Waals surface area contributed by atoms with Gasteiger partial charge in [0.25, 0.3) is 0 Å². The molecule has 6 rings (SSSR count). The van der Waals surface area contributed by atoms with E-state index in [0.29, 0.717) is 12.4 Å². The van der Waals surface area contributed by atoms with Crippen molar-refractivity contribution >= 4 is 41.0 Å². The van der Waals surface area contributed by atoms with E-state index >= 15 is 0 Å². The molecule has 4 aliphatic carbocycles. The Morgan fingerprint density at radius 2 is 1.77 bits per heavy atom. The molecular weight excluding hydrogens is 595 g/mol. The molecule has 1 aromatic rings. The summed E-state index contributed by atoms with van der Waals surface area (Å²) in [6.07, 6.45) is 2.82. The minimum atomic E-state index is -4.08. The van der Waals surface area contributed by atoms with Crippen LogP contribution in [0, 0.1) is 29.1 Å². The SMILES string of the molecule is COC12OCC3(C)C4=CCC(C)C4(C(I)=C(OS(=O)(=O)c4ccc(C)cc4)C31C)C2O[Si](C)(C)C. The quantitative estimate of drug-likeness (QED) is 0.168. The van der Waals surface area contributed by atoms with Gasteiger partial charge in [-0.1, -0.05) is 43.2 Å². The summed E-state index contributed by atoms with van der Waals surface area (Å²) < 4.78 is 54.2. The van der Waals surface area contributed by atoms with Gasteiger partial charge in [0.05, 0.1) is 17.4 Å². The average Bonchev–Trinajstić information content (AvgIpc) is 3.21. The maximum Gasteiger partial charge on any atom is 0.338 e. The Bertz CT molecular complexity index is 1250. The number of aryl methyl sites for hydroxylation is 1. The van der Waals surface area contributed by atoms with Gasteiger partial charge in [0.1, 0.15) is 16.8 Å². The molecule has 0 amide bonds. The first-order valence-electron chi connectivity index (χ1n) is 12.1. The van der Waals surface area contributed by atoms with Crippen LogP contribution in [0.25, 0.3) is 0 Å². The highest BCUT2D eigenvalue weighted by atomic mass is 127. The van der Waals surface area contributed by atoms with Crippen LogP contribution in [0.15, 0.2) is 50.1 Å². The molecule has 2 fully saturated rings. The third-order valence-electron chi connectivity index (χ3n) is 8.92. The topological polar surface area (TPSA) is 71.1 Å². The Morgan fingerprint density at radius 1 is 1.14 bits per heavy atom. The number of halogens is 1. The summed E-state index contributed by atoms with van der Waals surface area (Å²) in [6.45, 7) is 15.3. The lowest BCUT2D eigenvalue weighted by atomic mass is 9.41. The molecule has 6 unspecified atom stereocenters. The minimum absolute atomic E-state index is 0.136. The first-order valence-corrected chi connectivity index (χ1v) is 18.0. The molecule has 1 saturated heterocycles. The molecule has 1 heterocycles. The van der Waals surface area contributed by atoms with Crippen LogP contribution in [0.1, 0.15) is 32.8 Å². The first kappa shape index (κ1) is 25.9. The van der Waals surface area contributed by atoms with E-state index < -0.39 is 46.6 Å². The summed E-state index contributed by atoms with van der Waals surface area (Å²) in [6, 6.07) is 6.76. The van der Waals surface area contributed by atoms with Gasteiger partial charge < -0.3 is 18.1 Å². The fourth-order valence-corrected chi connectivity index (χ4v) is 11.0. The molecule has 1 aromatic carbocycles. The molecule has 5 aliphatic rings. The second-order valence-corrected chi connectivity index (χ2v) is 18.9. The molecule has 1 spiro atoms. The van der Waals surface area contributed by atoms with E-state index in [9.17, 15) is 8.42 Å². The fraction of sp³-hybridized carbons (Fsp3) is 0.615. The van der Waals surface area contributed by atoms with Crippen molar-refractivity contribution in [2.75, 3.05) is 13.7 Å². The van der Waals surface area contributed by atoms with E-state index in [4.69, 9.17) is 18.1 Å². The lowest BCUT2D eigenvalue weighted by Gasteiger charge is -2.67. The Balaban J connectivity index is 1.79. The number of benzene rings is 1.